The van der Waals surface area contributed by atoms with Crippen LogP contribution in [-0.2, 0) is 4.79 Å². The molecule has 118 valence electrons. The number of carbonyl (C=O) groups is 1. The van der Waals surface area contributed by atoms with Crippen molar-refractivity contribution < 1.29 is 9.72 Å². The van der Waals surface area contributed by atoms with Crippen molar-refractivity contribution in [2.45, 2.75) is 19.3 Å². The van der Waals surface area contributed by atoms with Gasteiger partial charge in [0.05, 0.1) is 10.6 Å². The molecule has 7 heteroatoms. The van der Waals surface area contributed by atoms with Gasteiger partial charge in [-0.3, -0.25) is 14.9 Å². The Labute approximate surface area is 137 Å². The molecule has 1 aromatic carbocycles. The minimum absolute atomic E-state index is 0.0796. The molecule has 1 saturated heterocycles. The summed E-state index contributed by atoms with van der Waals surface area (Å²) in [6, 6.07) is 4.84. The molecular formula is C15H18BrN3O3. The van der Waals surface area contributed by atoms with Gasteiger partial charge in [-0.05, 0) is 41.3 Å². The normalized spacial score (nSPS) is 19.0. The SMILES string of the molecule is O=C(C1CC1)N1CCCN(c2ccc([N+](=O)[O-])cc2Br)CC1. The lowest BCUT2D eigenvalue weighted by molar-refractivity contribution is -0.384. The van der Waals surface area contributed by atoms with Crippen molar-refractivity contribution in [1.29, 1.82) is 0 Å². The largest absolute Gasteiger partial charge is 0.369 e. The van der Waals surface area contributed by atoms with E-state index >= 15 is 0 Å². The Bertz CT molecular complexity index is 604. The highest BCUT2D eigenvalue weighted by Gasteiger charge is 2.34. The van der Waals surface area contributed by atoms with Gasteiger partial charge in [0, 0.05) is 48.7 Å². The predicted octanol–water partition coefficient (Wildman–Crippen LogP) is 2.81. The molecule has 1 aliphatic carbocycles. The molecule has 0 radical (unpaired) electrons. The van der Waals surface area contributed by atoms with Gasteiger partial charge >= 0.3 is 0 Å². The number of nitro groups is 1. The van der Waals surface area contributed by atoms with Crippen LogP contribution in [0, 0.1) is 16.0 Å². The number of nitro benzene ring substituents is 1. The van der Waals surface area contributed by atoms with Gasteiger partial charge in [0.2, 0.25) is 5.91 Å². The standard InChI is InChI=1S/C15H18BrN3O3/c16-13-10-12(19(21)22)4-5-14(13)17-6-1-7-18(9-8-17)15(20)11-2-3-11/h4-5,10-11H,1-3,6-9H2. The molecule has 6 nitrogen and oxygen atoms in total. The Morgan fingerprint density at radius 2 is 2.00 bits per heavy atom. The number of amides is 1. The topological polar surface area (TPSA) is 66.7 Å². The first-order valence-corrected chi connectivity index (χ1v) is 8.33. The van der Waals surface area contributed by atoms with Crippen LogP contribution < -0.4 is 4.90 Å². The van der Waals surface area contributed by atoms with Crippen LogP contribution in [0.4, 0.5) is 11.4 Å². The molecule has 1 aromatic rings. The van der Waals surface area contributed by atoms with Crippen LogP contribution in [0.5, 0.6) is 0 Å². The van der Waals surface area contributed by atoms with Crippen molar-refractivity contribution >= 4 is 33.2 Å². The van der Waals surface area contributed by atoms with Gasteiger partial charge in [-0.1, -0.05) is 0 Å². The molecule has 0 N–H and O–H groups in total. The summed E-state index contributed by atoms with van der Waals surface area (Å²) in [6.07, 6.45) is 2.99. The van der Waals surface area contributed by atoms with E-state index in [1.165, 1.54) is 12.1 Å². The molecule has 2 fully saturated rings. The lowest BCUT2D eigenvalue weighted by Gasteiger charge is -2.24. The molecule has 0 atom stereocenters. The third-order valence-corrected chi connectivity index (χ3v) is 4.85. The van der Waals surface area contributed by atoms with Crippen LogP contribution in [0.25, 0.3) is 0 Å². The summed E-state index contributed by atoms with van der Waals surface area (Å²) in [5, 5.41) is 10.8. The number of nitrogens with zero attached hydrogens (tertiary/aromatic N) is 3. The first-order chi connectivity index (χ1) is 10.6. The summed E-state index contributed by atoms with van der Waals surface area (Å²) in [6.45, 7) is 3.13. The van der Waals surface area contributed by atoms with Crippen LogP contribution >= 0.6 is 15.9 Å². The van der Waals surface area contributed by atoms with E-state index in [0.29, 0.717) is 5.91 Å². The smallest absolute Gasteiger partial charge is 0.270 e. The van der Waals surface area contributed by atoms with Gasteiger partial charge in [-0.25, -0.2) is 0 Å². The van der Waals surface area contributed by atoms with Crippen LogP contribution in [0.15, 0.2) is 22.7 Å². The highest BCUT2D eigenvalue weighted by atomic mass is 79.9. The van der Waals surface area contributed by atoms with Crippen molar-refractivity contribution in [1.82, 2.24) is 4.90 Å². The second-order valence-electron chi connectivity index (χ2n) is 5.83. The van der Waals surface area contributed by atoms with E-state index in [1.807, 2.05) is 4.90 Å². The third-order valence-electron chi connectivity index (χ3n) is 4.22. The zero-order valence-electron chi connectivity index (χ0n) is 12.2. The molecule has 2 aliphatic rings. The Morgan fingerprint density at radius 1 is 1.23 bits per heavy atom. The highest BCUT2D eigenvalue weighted by Crippen LogP contribution is 2.33. The Balaban J connectivity index is 1.70. The zero-order valence-corrected chi connectivity index (χ0v) is 13.8. The lowest BCUT2D eigenvalue weighted by atomic mass is 10.2. The Kier molecular flexibility index (Phi) is 4.33. The highest BCUT2D eigenvalue weighted by molar-refractivity contribution is 9.10. The number of benzene rings is 1. The van der Waals surface area contributed by atoms with Gasteiger partial charge in [-0.15, -0.1) is 0 Å². The van der Waals surface area contributed by atoms with Crippen LogP contribution in [0.2, 0.25) is 0 Å². The van der Waals surface area contributed by atoms with Gasteiger partial charge < -0.3 is 9.80 Å². The summed E-state index contributed by atoms with van der Waals surface area (Å²) in [7, 11) is 0. The first-order valence-electron chi connectivity index (χ1n) is 7.54. The third kappa shape index (κ3) is 3.24. The number of rotatable bonds is 3. The van der Waals surface area contributed by atoms with E-state index in [9.17, 15) is 14.9 Å². The maximum Gasteiger partial charge on any atom is 0.270 e. The maximum atomic E-state index is 12.2. The fourth-order valence-electron chi connectivity index (χ4n) is 2.83. The van der Waals surface area contributed by atoms with Crippen LogP contribution in [0.1, 0.15) is 19.3 Å². The second kappa shape index (κ2) is 6.24. The number of carbonyl (C=O) groups excluding carboxylic acids is 1. The zero-order chi connectivity index (χ0) is 15.7. The van der Waals surface area contributed by atoms with Gasteiger partial charge in [-0.2, -0.15) is 0 Å². The fourth-order valence-corrected chi connectivity index (χ4v) is 3.45. The van der Waals surface area contributed by atoms with Gasteiger partial charge in [0.1, 0.15) is 0 Å². The summed E-state index contributed by atoms with van der Waals surface area (Å²) in [5.41, 5.74) is 1.03. The quantitative estimate of drug-likeness (QED) is 0.608. The molecule has 3 rings (SSSR count). The van der Waals surface area contributed by atoms with E-state index in [4.69, 9.17) is 0 Å². The first kappa shape index (κ1) is 15.3. The summed E-state index contributed by atoms with van der Waals surface area (Å²) < 4.78 is 0.726. The second-order valence-corrected chi connectivity index (χ2v) is 6.69. The molecule has 0 bridgehead atoms. The van der Waals surface area contributed by atoms with E-state index in [0.717, 1.165) is 55.6 Å². The fraction of sp³-hybridized carbons (Fsp3) is 0.533. The number of hydrogen-bond acceptors (Lipinski definition) is 4. The Hall–Kier alpha value is -1.63. The maximum absolute atomic E-state index is 12.2. The van der Waals surface area contributed by atoms with Gasteiger partial charge in [0.25, 0.3) is 5.69 Å². The average Bonchev–Trinajstić information content (AvgIpc) is 3.33. The number of hydrogen-bond donors (Lipinski definition) is 0. The molecule has 22 heavy (non-hydrogen) atoms. The van der Waals surface area contributed by atoms with Crippen molar-refractivity contribution in [3.05, 3.63) is 32.8 Å². The summed E-state index contributed by atoms with van der Waals surface area (Å²) in [4.78, 5) is 26.7. The molecule has 1 aliphatic heterocycles. The molecule has 0 spiro atoms. The van der Waals surface area contributed by atoms with Crippen molar-refractivity contribution in [2.75, 3.05) is 31.1 Å². The van der Waals surface area contributed by atoms with Crippen LogP contribution in [-0.4, -0.2) is 41.9 Å². The molecule has 0 aromatic heterocycles. The Morgan fingerprint density at radius 3 is 2.64 bits per heavy atom. The molecule has 1 amide bonds. The van der Waals surface area contributed by atoms with E-state index in [1.54, 1.807) is 6.07 Å². The molecule has 1 heterocycles. The van der Waals surface area contributed by atoms with E-state index in [-0.39, 0.29) is 11.6 Å². The number of anilines is 1. The van der Waals surface area contributed by atoms with Crippen molar-refractivity contribution in [3.8, 4) is 0 Å². The average molecular weight is 368 g/mol. The van der Waals surface area contributed by atoms with Crippen LogP contribution in [0.3, 0.4) is 0 Å². The molecule has 1 saturated carbocycles. The molecule has 0 unspecified atom stereocenters. The minimum Gasteiger partial charge on any atom is -0.369 e. The number of halogens is 1. The summed E-state index contributed by atoms with van der Waals surface area (Å²) >= 11 is 3.43. The van der Waals surface area contributed by atoms with E-state index < -0.39 is 4.92 Å². The minimum atomic E-state index is -0.396. The summed E-state index contributed by atoms with van der Waals surface area (Å²) in [5.74, 6) is 0.558. The lowest BCUT2D eigenvalue weighted by Crippen LogP contribution is -2.36. The molecular weight excluding hydrogens is 350 g/mol. The van der Waals surface area contributed by atoms with E-state index in [2.05, 4.69) is 20.8 Å². The van der Waals surface area contributed by atoms with Crippen molar-refractivity contribution in [3.63, 3.8) is 0 Å². The van der Waals surface area contributed by atoms with Gasteiger partial charge in [0.15, 0.2) is 0 Å². The van der Waals surface area contributed by atoms with Crippen molar-refractivity contribution in [2.24, 2.45) is 5.92 Å². The number of non-ortho nitro benzene ring substituents is 1. The predicted molar refractivity (Wildman–Crippen MR) is 86.9 cm³/mol. The monoisotopic (exact) mass is 367 g/mol.